The maximum atomic E-state index is 9.16. The second kappa shape index (κ2) is 33.1. The molecule has 0 saturated carbocycles. The summed E-state index contributed by atoms with van der Waals surface area (Å²) in [4.78, 5) is 44.6. The second-order valence-electron chi connectivity index (χ2n) is 23.6. The zero-order valence-corrected chi connectivity index (χ0v) is 57.4. The lowest BCUT2D eigenvalue weighted by molar-refractivity contribution is 0.414. The van der Waals surface area contributed by atoms with E-state index in [0.29, 0.717) is 86.5 Å². The minimum absolute atomic E-state index is 0. The summed E-state index contributed by atoms with van der Waals surface area (Å²) in [6.45, 7) is 12.6. The number of methoxy groups -OCH3 is 1. The Morgan fingerprint density at radius 1 is 0.481 bits per heavy atom. The van der Waals surface area contributed by atoms with Gasteiger partial charge in [0.1, 0.15) is 11.3 Å². The van der Waals surface area contributed by atoms with Gasteiger partial charge in [-0.3, -0.25) is 0 Å². The molecule has 0 bridgehead atoms. The molecule has 13 rings (SSSR count). The van der Waals surface area contributed by atoms with Crippen molar-refractivity contribution in [3.05, 3.63) is 243 Å². The summed E-state index contributed by atoms with van der Waals surface area (Å²) >= 11 is 0. The number of nitrogens with zero attached hydrogens (tertiary/aromatic N) is 15. The molecule has 0 saturated heterocycles. The van der Waals surface area contributed by atoms with Crippen LogP contribution in [0.5, 0.6) is 5.75 Å². The molecule has 7 aromatic carbocycles. The number of nitriles is 4. The monoisotopic (exact) mass is 1370 g/mol. The van der Waals surface area contributed by atoms with Crippen LogP contribution >= 0.6 is 0 Å². The predicted molar refractivity (Wildman–Crippen MR) is 413 cm³/mol. The van der Waals surface area contributed by atoms with Crippen molar-refractivity contribution in [2.45, 2.75) is 55.5 Å². The van der Waals surface area contributed by atoms with Gasteiger partial charge in [-0.2, -0.15) is 51.0 Å². The molecule has 0 aliphatic carbocycles. The van der Waals surface area contributed by atoms with Crippen molar-refractivity contribution in [1.29, 1.82) is 21.0 Å². The number of hydrogen-bond donors (Lipinski definition) is 7. The van der Waals surface area contributed by atoms with Crippen LogP contribution in [0.15, 0.2) is 171 Å². The van der Waals surface area contributed by atoms with E-state index in [1.807, 2.05) is 185 Å². The molecule has 0 aliphatic rings. The minimum atomic E-state index is 0. The molecule has 104 heavy (non-hydrogen) atoms. The number of ether oxygens (including phenoxy) is 1. The number of aromatic amines is 1. The van der Waals surface area contributed by atoms with Gasteiger partial charge in [0, 0.05) is 58.9 Å². The van der Waals surface area contributed by atoms with Gasteiger partial charge in [-0.1, -0.05) is 31.4 Å². The summed E-state index contributed by atoms with van der Waals surface area (Å²) in [7, 11) is 3.54. The fraction of sp³-hybridized carbons (Fsp3) is 0.123. The highest BCUT2D eigenvalue weighted by molar-refractivity contribution is 5.90. The number of terminal acetylenes is 2. The number of aryl methyl sites for hydroxylation is 7. The Kier molecular flexibility index (Phi) is 22.9. The molecule has 13 aromatic rings. The standard InChI is InChI=1S/C31H26N8O.C25H21N7.C24H19N7.CH4/c1-20-15-24(5-4-14-32)16-21(2)27(20)36-31-37-29(35-25-10-6-22(17-33)7-11-25)28-30(38-31)39(19-34-28)18-23-8-12-26(40-3)13-9-23;1-5-18-8-10-20(11-9-18)28-25-30-23(22-24(31-25)32(4)15-27-22)29-21-16(2)13-19(7-6-12-26)14-17(21)3;1-4-5-6-18-11-15(2)20(16(3)12-18)29-24-30-22-21(26-14-27-22)23(31-24)28-19-9-7-17(13-25)8-10-19;/h4-13,15-16,19H,18H2,1-3H3,(H2,35,36,37,38);1,6-11,13-15H,2-4H3,(H2,28,29,30,31);1,5-12,14H,2-3H3,(H3,26,27,28,29,30,31);1H4/b5-4+;7-6+;6-5+;. The maximum absolute atomic E-state index is 9.16. The van der Waals surface area contributed by atoms with Crippen LogP contribution in [0.25, 0.3) is 51.7 Å². The van der Waals surface area contributed by atoms with Gasteiger partial charge in [0.05, 0.1) is 68.0 Å². The molecule has 0 radical (unpaired) electrons. The topological polar surface area (TPSA) is 318 Å². The summed E-state index contributed by atoms with van der Waals surface area (Å²) in [5.41, 5.74) is 21.2. The number of anilines is 12. The van der Waals surface area contributed by atoms with Gasteiger partial charge in [0.15, 0.2) is 45.4 Å². The Labute approximate surface area is 602 Å². The second-order valence-corrected chi connectivity index (χ2v) is 23.6. The lowest BCUT2D eigenvalue weighted by Gasteiger charge is -2.15. The van der Waals surface area contributed by atoms with E-state index in [4.69, 9.17) is 53.6 Å². The Balaban J connectivity index is 0.000000168. The maximum Gasteiger partial charge on any atom is 0.231 e. The van der Waals surface area contributed by atoms with Gasteiger partial charge in [0.2, 0.25) is 17.8 Å². The number of benzene rings is 7. The fourth-order valence-corrected chi connectivity index (χ4v) is 11.2. The molecule has 6 aromatic heterocycles. The van der Waals surface area contributed by atoms with Crippen LogP contribution in [0, 0.1) is 112 Å². The Bertz CT molecular complexity index is 5610. The number of allylic oxidation sites excluding steroid dienone is 3. The highest BCUT2D eigenvalue weighted by Gasteiger charge is 2.19. The van der Waals surface area contributed by atoms with E-state index >= 15 is 0 Å². The van der Waals surface area contributed by atoms with E-state index in [-0.39, 0.29) is 7.43 Å². The first kappa shape index (κ1) is 71.9. The molecule has 0 spiro atoms. The largest absolute Gasteiger partial charge is 0.497 e. The van der Waals surface area contributed by atoms with E-state index in [2.05, 4.69) is 90.8 Å². The van der Waals surface area contributed by atoms with Crippen molar-refractivity contribution in [1.82, 2.24) is 59.0 Å². The molecule has 510 valence electrons. The fourth-order valence-electron chi connectivity index (χ4n) is 11.2. The zero-order chi connectivity index (χ0) is 72.5. The molecule has 0 atom stereocenters. The number of aromatic nitrogens is 12. The van der Waals surface area contributed by atoms with Crippen molar-refractivity contribution >= 4 is 121 Å². The van der Waals surface area contributed by atoms with Gasteiger partial charge in [0.25, 0.3) is 0 Å². The average Bonchev–Trinajstić information content (AvgIpc) is 1.60. The number of rotatable bonds is 18. The highest BCUT2D eigenvalue weighted by Crippen LogP contribution is 2.34. The molecule has 6 heterocycles. The minimum Gasteiger partial charge on any atom is -0.497 e. The lowest BCUT2D eigenvalue weighted by atomic mass is 10.0. The summed E-state index contributed by atoms with van der Waals surface area (Å²) in [6.07, 6.45) is 25.9. The number of fused-ring (bicyclic) bond motifs is 3. The van der Waals surface area contributed by atoms with E-state index < -0.39 is 0 Å². The first-order valence-electron chi connectivity index (χ1n) is 32.1. The van der Waals surface area contributed by atoms with Crippen molar-refractivity contribution < 1.29 is 4.74 Å². The summed E-state index contributed by atoms with van der Waals surface area (Å²) < 4.78 is 9.11. The van der Waals surface area contributed by atoms with E-state index in [9.17, 15) is 0 Å². The van der Waals surface area contributed by atoms with Gasteiger partial charge in [-0.15, -0.1) is 12.8 Å². The summed E-state index contributed by atoms with van der Waals surface area (Å²) in [6, 6.07) is 50.1. The first-order valence-corrected chi connectivity index (χ1v) is 32.1. The van der Waals surface area contributed by atoms with E-state index in [1.54, 1.807) is 68.6 Å². The molecule has 7 N–H and O–H groups in total. The lowest BCUT2D eigenvalue weighted by Crippen LogP contribution is -2.06. The van der Waals surface area contributed by atoms with Crippen LogP contribution in [-0.2, 0) is 13.6 Å². The molecule has 0 amide bonds. The van der Waals surface area contributed by atoms with Crippen LogP contribution in [0.4, 0.5) is 69.4 Å². The summed E-state index contributed by atoms with van der Waals surface area (Å²) in [5.74, 6) is 8.91. The first-order chi connectivity index (χ1) is 50.0. The Morgan fingerprint density at radius 3 is 1.41 bits per heavy atom. The van der Waals surface area contributed by atoms with E-state index in [1.165, 1.54) is 12.2 Å². The quantitative estimate of drug-likeness (QED) is 0.0310. The SMILES string of the molecule is C.C#C/C=C/c1cc(C)c(Nc2nc(Nc3ccc(C#N)cc3)c3[nH]cnc3n2)c(C)c1.C#Cc1ccc(Nc2nc(Nc3c(C)cc(/C=C/C#N)cc3C)c3ncn(C)c3n2)cc1.COc1ccc(Cn2cnc3c(Nc4ccc(C#N)cc4)nc(Nc4c(C)cc(/C=C/C#N)cc4C)nc32)cc1. The molecule has 23 nitrogen and oxygen atoms in total. The molecule has 0 aliphatic heterocycles. The van der Waals surface area contributed by atoms with Crippen LogP contribution in [0.2, 0.25) is 0 Å². The van der Waals surface area contributed by atoms with Gasteiger partial charge < -0.3 is 50.8 Å². The van der Waals surface area contributed by atoms with Crippen LogP contribution in [0.3, 0.4) is 0 Å². The molecular weight excluding hydrogens is 1300 g/mol. The van der Waals surface area contributed by atoms with Crippen molar-refractivity contribution in [3.63, 3.8) is 0 Å². The molecular formula is C81H70N22O. The van der Waals surface area contributed by atoms with Crippen LogP contribution in [-0.4, -0.2) is 66.1 Å². The third kappa shape index (κ3) is 17.3. The third-order valence-corrected chi connectivity index (χ3v) is 16.1. The molecule has 0 fully saturated rings. The summed E-state index contributed by atoms with van der Waals surface area (Å²) in [5, 5.41) is 55.8. The third-order valence-electron chi connectivity index (χ3n) is 16.1. The highest BCUT2D eigenvalue weighted by atomic mass is 16.5. The number of hydrogen-bond acceptors (Lipinski definition) is 20. The van der Waals surface area contributed by atoms with Crippen LogP contribution in [0.1, 0.15) is 79.8 Å². The molecule has 23 heteroatoms. The zero-order valence-electron chi connectivity index (χ0n) is 57.4. The van der Waals surface area contributed by atoms with Gasteiger partial charge in [-0.05, 0) is 243 Å². The normalized spacial score (nSPS) is 10.7. The molecule has 0 unspecified atom stereocenters. The van der Waals surface area contributed by atoms with Gasteiger partial charge in [-0.25, -0.2) is 15.0 Å². The number of H-pyrrole nitrogens is 1. The smallest absolute Gasteiger partial charge is 0.231 e. The van der Waals surface area contributed by atoms with Gasteiger partial charge >= 0.3 is 0 Å². The van der Waals surface area contributed by atoms with Crippen molar-refractivity contribution in [2.75, 3.05) is 39.0 Å². The number of imidazole rings is 3. The number of nitrogens with one attached hydrogen (secondary N) is 7. The van der Waals surface area contributed by atoms with Crippen molar-refractivity contribution in [2.24, 2.45) is 7.05 Å². The van der Waals surface area contributed by atoms with Crippen LogP contribution < -0.4 is 36.6 Å². The van der Waals surface area contributed by atoms with Crippen molar-refractivity contribution in [3.8, 4) is 54.7 Å². The van der Waals surface area contributed by atoms with E-state index in [0.717, 1.165) is 101 Å². The Morgan fingerprint density at radius 2 is 0.913 bits per heavy atom. The predicted octanol–water partition coefficient (Wildman–Crippen LogP) is 17.0. The Hall–Kier alpha value is -14.9. The average molecular weight is 1370 g/mol.